The van der Waals surface area contributed by atoms with Crippen LogP contribution in [0.25, 0.3) is 0 Å². The Bertz CT molecular complexity index is 391. The highest BCUT2D eigenvalue weighted by molar-refractivity contribution is 6.33. The highest BCUT2D eigenvalue weighted by atomic mass is 35.5. The predicted molar refractivity (Wildman–Crippen MR) is 72.5 cm³/mol. The molecule has 0 radical (unpaired) electrons. The minimum absolute atomic E-state index is 0.0299. The van der Waals surface area contributed by atoms with Crippen LogP contribution in [0.3, 0.4) is 0 Å². The van der Waals surface area contributed by atoms with E-state index in [0.29, 0.717) is 10.7 Å². The van der Waals surface area contributed by atoms with Gasteiger partial charge >= 0.3 is 0 Å². The number of anilines is 1. The quantitative estimate of drug-likeness (QED) is 0.848. The molecule has 17 heavy (non-hydrogen) atoms. The molecule has 0 atom stereocenters. The normalized spacial score (nSPS) is 11.3. The van der Waals surface area contributed by atoms with Gasteiger partial charge in [0.1, 0.15) is 0 Å². The topological polar surface area (TPSA) is 41.1 Å². The molecule has 0 saturated heterocycles. The molecule has 1 aromatic rings. The molecular formula is C13H19ClN2O. The van der Waals surface area contributed by atoms with E-state index in [4.69, 9.17) is 11.6 Å². The predicted octanol–water partition coefficient (Wildman–Crippen LogP) is 3.06. The first-order valence-electron chi connectivity index (χ1n) is 5.74. The lowest BCUT2D eigenvalue weighted by Gasteiger charge is -2.24. The van der Waals surface area contributed by atoms with Gasteiger partial charge in [0.15, 0.2) is 0 Å². The van der Waals surface area contributed by atoms with E-state index in [1.54, 1.807) is 12.1 Å². The van der Waals surface area contributed by atoms with Crippen molar-refractivity contribution in [1.29, 1.82) is 0 Å². The van der Waals surface area contributed by atoms with Crippen molar-refractivity contribution >= 4 is 23.2 Å². The Hall–Kier alpha value is -1.06. The average Bonchev–Trinajstić information content (AvgIpc) is 2.30. The van der Waals surface area contributed by atoms with Gasteiger partial charge in [-0.3, -0.25) is 4.79 Å². The van der Waals surface area contributed by atoms with Crippen LogP contribution in [0, 0.1) is 0 Å². The number of hydrogen-bond acceptors (Lipinski definition) is 2. The Balaban J connectivity index is 2.48. The van der Waals surface area contributed by atoms with Crippen LogP contribution in [0.4, 0.5) is 5.69 Å². The SMILES string of the molecule is CCC(C)(C)NCC(=O)Nc1ccccc1Cl. The fraction of sp³-hybridized carbons (Fsp3) is 0.462. The highest BCUT2D eigenvalue weighted by Crippen LogP contribution is 2.20. The zero-order valence-electron chi connectivity index (χ0n) is 10.5. The molecule has 0 bridgehead atoms. The van der Waals surface area contributed by atoms with Crippen molar-refractivity contribution in [2.45, 2.75) is 32.7 Å². The van der Waals surface area contributed by atoms with E-state index in [0.717, 1.165) is 6.42 Å². The maximum Gasteiger partial charge on any atom is 0.238 e. The maximum absolute atomic E-state index is 11.7. The molecule has 0 saturated carbocycles. The van der Waals surface area contributed by atoms with E-state index in [1.807, 2.05) is 12.1 Å². The van der Waals surface area contributed by atoms with E-state index in [2.05, 4.69) is 31.4 Å². The van der Waals surface area contributed by atoms with E-state index >= 15 is 0 Å². The first kappa shape index (κ1) is 14.0. The van der Waals surface area contributed by atoms with Crippen LogP contribution >= 0.6 is 11.6 Å². The molecule has 4 heteroatoms. The lowest BCUT2D eigenvalue weighted by molar-refractivity contribution is -0.115. The summed E-state index contributed by atoms with van der Waals surface area (Å²) in [6, 6.07) is 7.20. The minimum Gasteiger partial charge on any atom is -0.324 e. The third kappa shape index (κ3) is 4.75. The fourth-order valence-corrected chi connectivity index (χ4v) is 1.38. The van der Waals surface area contributed by atoms with Gasteiger partial charge in [-0.15, -0.1) is 0 Å². The van der Waals surface area contributed by atoms with Crippen molar-refractivity contribution in [3.05, 3.63) is 29.3 Å². The van der Waals surface area contributed by atoms with E-state index < -0.39 is 0 Å². The summed E-state index contributed by atoms with van der Waals surface area (Å²) in [6.45, 7) is 6.50. The lowest BCUT2D eigenvalue weighted by Crippen LogP contribution is -2.43. The summed E-state index contributed by atoms with van der Waals surface area (Å²) in [5, 5.41) is 6.52. The van der Waals surface area contributed by atoms with Crippen molar-refractivity contribution in [3.8, 4) is 0 Å². The Morgan fingerprint density at radius 3 is 2.59 bits per heavy atom. The molecule has 0 aliphatic carbocycles. The summed E-state index contributed by atoms with van der Waals surface area (Å²) in [7, 11) is 0. The van der Waals surface area contributed by atoms with Gasteiger partial charge in [0.25, 0.3) is 0 Å². The number of carbonyl (C=O) groups is 1. The van der Waals surface area contributed by atoms with Crippen LogP contribution in [0.2, 0.25) is 5.02 Å². The van der Waals surface area contributed by atoms with Crippen molar-refractivity contribution < 1.29 is 4.79 Å². The molecule has 94 valence electrons. The Morgan fingerprint density at radius 2 is 2.00 bits per heavy atom. The third-order valence-electron chi connectivity index (χ3n) is 2.76. The maximum atomic E-state index is 11.7. The monoisotopic (exact) mass is 254 g/mol. The highest BCUT2D eigenvalue weighted by Gasteiger charge is 2.15. The molecule has 0 aliphatic heterocycles. The summed E-state index contributed by atoms with van der Waals surface area (Å²) < 4.78 is 0. The summed E-state index contributed by atoms with van der Waals surface area (Å²) in [5.74, 6) is -0.0837. The van der Waals surface area contributed by atoms with Crippen molar-refractivity contribution in [2.24, 2.45) is 0 Å². The summed E-state index contributed by atoms with van der Waals surface area (Å²) in [5.41, 5.74) is 0.618. The average molecular weight is 255 g/mol. The van der Waals surface area contributed by atoms with Crippen LogP contribution in [0.1, 0.15) is 27.2 Å². The number of rotatable bonds is 5. The van der Waals surface area contributed by atoms with Gasteiger partial charge in [-0.05, 0) is 32.4 Å². The molecule has 0 spiro atoms. The largest absolute Gasteiger partial charge is 0.324 e. The smallest absolute Gasteiger partial charge is 0.238 e. The number of para-hydroxylation sites is 1. The van der Waals surface area contributed by atoms with E-state index in [-0.39, 0.29) is 18.0 Å². The van der Waals surface area contributed by atoms with Crippen molar-refractivity contribution in [2.75, 3.05) is 11.9 Å². The molecular weight excluding hydrogens is 236 g/mol. The van der Waals surface area contributed by atoms with Gasteiger partial charge in [-0.2, -0.15) is 0 Å². The number of amides is 1. The number of carbonyl (C=O) groups excluding carboxylic acids is 1. The second-order valence-electron chi connectivity index (χ2n) is 4.62. The molecule has 1 aromatic carbocycles. The Labute approximate surface area is 108 Å². The van der Waals surface area contributed by atoms with E-state index in [1.165, 1.54) is 0 Å². The van der Waals surface area contributed by atoms with Gasteiger partial charge in [0.2, 0.25) is 5.91 Å². The second kappa shape index (κ2) is 6.03. The lowest BCUT2D eigenvalue weighted by atomic mass is 10.0. The first-order valence-corrected chi connectivity index (χ1v) is 6.12. The first-order chi connectivity index (χ1) is 7.94. The third-order valence-corrected chi connectivity index (χ3v) is 3.09. The number of halogens is 1. The van der Waals surface area contributed by atoms with Gasteiger partial charge in [0.05, 0.1) is 17.3 Å². The van der Waals surface area contributed by atoms with Gasteiger partial charge in [-0.1, -0.05) is 30.7 Å². The van der Waals surface area contributed by atoms with Crippen LogP contribution in [0.15, 0.2) is 24.3 Å². The molecule has 0 heterocycles. The van der Waals surface area contributed by atoms with Crippen LogP contribution in [0.5, 0.6) is 0 Å². The summed E-state index contributed by atoms with van der Waals surface area (Å²) in [4.78, 5) is 11.7. The zero-order chi connectivity index (χ0) is 12.9. The van der Waals surface area contributed by atoms with Gasteiger partial charge < -0.3 is 10.6 Å². The van der Waals surface area contributed by atoms with Gasteiger partial charge in [-0.25, -0.2) is 0 Å². The standard InChI is InChI=1S/C13H19ClN2O/c1-4-13(2,3)15-9-12(17)16-11-8-6-5-7-10(11)14/h5-8,15H,4,9H2,1-3H3,(H,16,17). The zero-order valence-corrected chi connectivity index (χ0v) is 11.3. The van der Waals surface area contributed by atoms with Crippen LogP contribution in [-0.4, -0.2) is 18.0 Å². The molecule has 0 aromatic heterocycles. The van der Waals surface area contributed by atoms with Gasteiger partial charge in [0, 0.05) is 5.54 Å². The summed E-state index contributed by atoms with van der Waals surface area (Å²) in [6.07, 6.45) is 0.965. The fourth-order valence-electron chi connectivity index (χ4n) is 1.20. The van der Waals surface area contributed by atoms with Crippen molar-refractivity contribution in [3.63, 3.8) is 0 Å². The molecule has 0 unspecified atom stereocenters. The number of nitrogens with one attached hydrogen (secondary N) is 2. The Kier molecular flexibility index (Phi) is 4.97. The molecule has 0 fully saturated rings. The molecule has 3 nitrogen and oxygen atoms in total. The van der Waals surface area contributed by atoms with Crippen LogP contribution < -0.4 is 10.6 Å². The summed E-state index contributed by atoms with van der Waals surface area (Å²) >= 11 is 5.95. The molecule has 1 rings (SSSR count). The van der Waals surface area contributed by atoms with Crippen molar-refractivity contribution in [1.82, 2.24) is 5.32 Å². The second-order valence-corrected chi connectivity index (χ2v) is 5.03. The molecule has 1 amide bonds. The minimum atomic E-state index is -0.0837. The van der Waals surface area contributed by atoms with E-state index in [9.17, 15) is 4.79 Å². The number of benzene rings is 1. The Morgan fingerprint density at radius 1 is 1.35 bits per heavy atom. The number of hydrogen-bond donors (Lipinski definition) is 2. The molecule has 0 aliphatic rings. The molecule has 2 N–H and O–H groups in total. The van der Waals surface area contributed by atoms with Crippen LogP contribution in [-0.2, 0) is 4.79 Å².